The number of carbonyl (C=O) groups excluding carboxylic acids is 1. The van der Waals surface area contributed by atoms with E-state index in [-0.39, 0.29) is 24.5 Å². The van der Waals surface area contributed by atoms with Gasteiger partial charge in [0.25, 0.3) is 0 Å². The topological polar surface area (TPSA) is 95.9 Å². The summed E-state index contributed by atoms with van der Waals surface area (Å²) in [6, 6.07) is 0. The van der Waals surface area contributed by atoms with E-state index in [1.807, 2.05) is 25.2 Å². The van der Waals surface area contributed by atoms with Crippen molar-refractivity contribution in [2.24, 2.45) is 5.41 Å². The van der Waals surface area contributed by atoms with Crippen LogP contribution >= 0.6 is 7.82 Å². The Morgan fingerprint density at radius 3 is 2.55 bits per heavy atom. The fraction of sp³-hybridized carbons (Fsp3) is 0.500. The van der Waals surface area contributed by atoms with Crippen LogP contribution in [0, 0.1) is 5.41 Å². The van der Waals surface area contributed by atoms with E-state index in [9.17, 15) is 9.36 Å². The molecule has 0 aliphatic heterocycles. The van der Waals surface area contributed by atoms with Crippen molar-refractivity contribution in [2.45, 2.75) is 53.9 Å². The van der Waals surface area contributed by atoms with Gasteiger partial charge < -0.3 is 15.1 Å². The second-order valence-corrected chi connectivity index (χ2v) is 9.28. The molecule has 0 unspecified atom stereocenters. The van der Waals surface area contributed by atoms with Gasteiger partial charge in [-0.2, -0.15) is 0 Å². The van der Waals surface area contributed by atoms with Gasteiger partial charge in [-0.05, 0) is 56.6 Å². The van der Waals surface area contributed by atoms with Crippen molar-refractivity contribution in [2.75, 3.05) is 13.2 Å². The molecule has 0 aromatic rings. The summed E-state index contributed by atoms with van der Waals surface area (Å²) in [6.45, 7) is 10.4. The van der Waals surface area contributed by atoms with E-state index in [1.54, 1.807) is 6.92 Å². The molecule has 0 heterocycles. The Balaban J connectivity index is 2.57. The number of carbonyl (C=O) groups is 1. The summed E-state index contributed by atoms with van der Waals surface area (Å²) in [5.74, 6) is -0.344. The lowest BCUT2D eigenvalue weighted by molar-refractivity contribution is -0.116. The minimum atomic E-state index is -4.50. The number of phosphoric ester groups is 1. The molecule has 29 heavy (non-hydrogen) atoms. The predicted molar refractivity (Wildman–Crippen MR) is 117 cm³/mol. The van der Waals surface area contributed by atoms with Crippen molar-refractivity contribution < 1.29 is 23.7 Å². The molecule has 1 aliphatic rings. The summed E-state index contributed by atoms with van der Waals surface area (Å²) in [6.07, 6.45) is 15.1. The molecule has 3 N–H and O–H groups in total. The zero-order valence-electron chi connectivity index (χ0n) is 18.1. The van der Waals surface area contributed by atoms with Gasteiger partial charge >= 0.3 is 7.82 Å². The summed E-state index contributed by atoms with van der Waals surface area (Å²) in [4.78, 5) is 28.9. The molecule has 0 spiro atoms. The van der Waals surface area contributed by atoms with Crippen molar-refractivity contribution >= 4 is 13.7 Å². The Morgan fingerprint density at radius 2 is 1.93 bits per heavy atom. The molecular formula is C22H34NO5P. The highest BCUT2D eigenvalue weighted by Gasteiger charge is 2.26. The standard InChI is InChI=1S/C22H34NO5P/c1-17(11-12-20-19(3)10-7-13-22(20,4)5)8-6-9-18(2)16-21(24)23-14-15-28-29(25,26)27/h6,8-9,11-12,16H,7,10,13-15H2,1-5H3,(H,23,24)(H2,25,26,27)/b9-6+,12-11+,17-8+,18-16+. The molecule has 0 saturated heterocycles. The molecule has 162 valence electrons. The van der Waals surface area contributed by atoms with E-state index < -0.39 is 7.82 Å². The van der Waals surface area contributed by atoms with Crippen LogP contribution in [0.2, 0.25) is 0 Å². The fourth-order valence-electron chi connectivity index (χ4n) is 3.28. The Hall–Kier alpha value is -1.72. The summed E-state index contributed by atoms with van der Waals surface area (Å²) in [5.41, 5.74) is 5.00. The Bertz CT molecular complexity index is 781. The first-order valence-corrected chi connectivity index (χ1v) is 11.3. The van der Waals surface area contributed by atoms with Crippen LogP contribution in [0.5, 0.6) is 0 Å². The fourth-order valence-corrected chi connectivity index (χ4v) is 3.61. The number of nitrogens with one attached hydrogen (secondary N) is 1. The van der Waals surface area contributed by atoms with Gasteiger partial charge in [-0.3, -0.25) is 9.32 Å². The van der Waals surface area contributed by atoms with E-state index in [1.165, 1.54) is 36.5 Å². The Kier molecular flexibility index (Phi) is 10.0. The maximum Gasteiger partial charge on any atom is 0.469 e. The summed E-state index contributed by atoms with van der Waals surface area (Å²) < 4.78 is 14.8. The van der Waals surface area contributed by atoms with E-state index >= 15 is 0 Å². The van der Waals surface area contributed by atoms with Gasteiger partial charge in [0.2, 0.25) is 5.91 Å². The molecular weight excluding hydrogens is 389 g/mol. The lowest BCUT2D eigenvalue weighted by atomic mass is 9.72. The van der Waals surface area contributed by atoms with Crippen molar-refractivity contribution in [1.82, 2.24) is 5.32 Å². The van der Waals surface area contributed by atoms with Crippen LogP contribution in [0.4, 0.5) is 0 Å². The zero-order valence-corrected chi connectivity index (χ0v) is 19.0. The van der Waals surface area contributed by atoms with Crippen LogP contribution in [0.15, 0.2) is 58.7 Å². The monoisotopic (exact) mass is 423 g/mol. The smallest absolute Gasteiger partial charge is 0.350 e. The van der Waals surface area contributed by atoms with Gasteiger partial charge in [-0.1, -0.05) is 55.4 Å². The average molecular weight is 423 g/mol. The Labute approximate surface area is 174 Å². The normalized spacial score (nSPS) is 18.7. The summed E-state index contributed by atoms with van der Waals surface area (Å²) in [5, 5.41) is 2.50. The molecule has 0 saturated carbocycles. The third-order valence-corrected chi connectivity index (χ3v) is 5.31. The van der Waals surface area contributed by atoms with E-state index in [0.717, 1.165) is 11.1 Å². The third-order valence-electron chi connectivity index (χ3n) is 4.79. The van der Waals surface area contributed by atoms with Crippen molar-refractivity contribution in [3.8, 4) is 0 Å². The largest absolute Gasteiger partial charge is 0.469 e. The van der Waals surface area contributed by atoms with Crippen LogP contribution in [0.25, 0.3) is 0 Å². The summed E-state index contributed by atoms with van der Waals surface area (Å²) in [7, 11) is -4.50. The Morgan fingerprint density at radius 1 is 1.24 bits per heavy atom. The van der Waals surface area contributed by atoms with Gasteiger partial charge in [0.15, 0.2) is 0 Å². The molecule has 6 nitrogen and oxygen atoms in total. The molecule has 1 aliphatic carbocycles. The molecule has 1 rings (SSSR count). The highest BCUT2D eigenvalue weighted by atomic mass is 31.2. The quantitative estimate of drug-likeness (QED) is 0.215. The first-order valence-electron chi connectivity index (χ1n) is 9.80. The van der Waals surface area contributed by atoms with Crippen LogP contribution in [0.3, 0.4) is 0 Å². The number of phosphoric acid groups is 1. The van der Waals surface area contributed by atoms with Crippen LogP contribution in [0.1, 0.15) is 53.9 Å². The van der Waals surface area contributed by atoms with Crippen LogP contribution in [-0.2, 0) is 13.9 Å². The first-order chi connectivity index (χ1) is 13.4. The van der Waals surface area contributed by atoms with Gasteiger partial charge in [0.1, 0.15) is 0 Å². The lowest BCUT2D eigenvalue weighted by Crippen LogP contribution is -2.25. The van der Waals surface area contributed by atoms with Gasteiger partial charge in [-0.15, -0.1) is 0 Å². The number of amides is 1. The van der Waals surface area contributed by atoms with Gasteiger partial charge in [0, 0.05) is 12.6 Å². The highest BCUT2D eigenvalue weighted by Crippen LogP contribution is 2.40. The molecule has 0 aromatic heterocycles. The minimum absolute atomic E-state index is 0.0207. The number of rotatable bonds is 9. The number of allylic oxidation sites excluding steroid dienone is 9. The molecule has 0 radical (unpaired) electrons. The number of hydrogen-bond donors (Lipinski definition) is 3. The molecule has 0 atom stereocenters. The second kappa shape index (κ2) is 11.5. The molecule has 0 aromatic carbocycles. The third kappa shape index (κ3) is 10.6. The van der Waals surface area contributed by atoms with Crippen LogP contribution < -0.4 is 5.32 Å². The lowest BCUT2D eigenvalue weighted by Gasteiger charge is -2.32. The SMILES string of the molecule is CC1=C(/C=C/C(C)=C/C=C/C(C)=C/C(=O)NCCOP(=O)(O)O)C(C)(C)CCC1. The molecule has 7 heteroatoms. The molecule has 1 amide bonds. The van der Waals surface area contributed by atoms with Crippen LogP contribution in [-0.4, -0.2) is 28.8 Å². The predicted octanol–water partition coefficient (Wildman–Crippen LogP) is 4.74. The zero-order chi connectivity index (χ0) is 22.1. The van der Waals surface area contributed by atoms with Gasteiger partial charge in [-0.25, -0.2) is 4.57 Å². The van der Waals surface area contributed by atoms with E-state index in [4.69, 9.17) is 9.79 Å². The van der Waals surface area contributed by atoms with E-state index in [0.29, 0.717) is 0 Å². The van der Waals surface area contributed by atoms with E-state index in [2.05, 4.69) is 42.8 Å². The van der Waals surface area contributed by atoms with Crippen molar-refractivity contribution in [3.05, 3.63) is 58.7 Å². The second-order valence-electron chi connectivity index (χ2n) is 8.04. The first kappa shape index (κ1) is 25.3. The average Bonchev–Trinajstić information content (AvgIpc) is 2.57. The highest BCUT2D eigenvalue weighted by molar-refractivity contribution is 7.46. The maximum atomic E-state index is 11.7. The number of hydrogen-bond acceptors (Lipinski definition) is 3. The molecule has 0 fully saturated rings. The minimum Gasteiger partial charge on any atom is -0.350 e. The molecule has 0 bridgehead atoms. The van der Waals surface area contributed by atoms with Crippen molar-refractivity contribution in [1.29, 1.82) is 0 Å². The maximum absolute atomic E-state index is 11.7. The van der Waals surface area contributed by atoms with Crippen molar-refractivity contribution in [3.63, 3.8) is 0 Å². The van der Waals surface area contributed by atoms with Gasteiger partial charge in [0.05, 0.1) is 6.61 Å². The summed E-state index contributed by atoms with van der Waals surface area (Å²) >= 11 is 0.